The summed E-state index contributed by atoms with van der Waals surface area (Å²) >= 11 is 1.63. The second kappa shape index (κ2) is 18.0. The molecule has 6 nitrogen and oxygen atoms in total. The minimum Gasteiger partial charge on any atom is -0.497 e. The van der Waals surface area contributed by atoms with Crippen LogP contribution < -0.4 is 4.74 Å². The molecule has 0 bridgehead atoms. The Kier molecular flexibility index (Phi) is 12.7. The van der Waals surface area contributed by atoms with Gasteiger partial charge in [0.15, 0.2) is 0 Å². The molecule has 1 heterocycles. The minimum atomic E-state index is -0.474. The summed E-state index contributed by atoms with van der Waals surface area (Å²) in [6.45, 7) is 1.97. The lowest BCUT2D eigenvalue weighted by Crippen LogP contribution is -2.60. The molecule has 0 spiro atoms. The molecule has 1 fully saturated rings. The lowest BCUT2D eigenvalue weighted by atomic mass is 9.98. The Labute approximate surface area is 287 Å². The van der Waals surface area contributed by atoms with E-state index in [4.69, 9.17) is 28.4 Å². The number of benzene rings is 5. The van der Waals surface area contributed by atoms with Crippen LogP contribution >= 0.6 is 11.8 Å². The normalized spacial score (nSPS) is 20.7. The van der Waals surface area contributed by atoms with Crippen molar-refractivity contribution in [2.45, 2.75) is 61.2 Å². The van der Waals surface area contributed by atoms with Crippen LogP contribution in [0.25, 0.3) is 0 Å². The predicted octanol–water partition coefficient (Wildman–Crippen LogP) is 8.49. The van der Waals surface area contributed by atoms with Gasteiger partial charge in [0.1, 0.15) is 35.6 Å². The van der Waals surface area contributed by atoms with Gasteiger partial charge in [-0.25, -0.2) is 0 Å². The highest BCUT2D eigenvalue weighted by molar-refractivity contribution is 7.99. The summed E-state index contributed by atoms with van der Waals surface area (Å²) in [7, 11) is 1.67. The summed E-state index contributed by atoms with van der Waals surface area (Å²) in [6, 6.07) is 48.8. The summed E-state index contributed by atoms with van der Waals surface area (Å²) in [5.74, 6) is 0.800. The van der Waals surface area contributed by atoms with Crippen molar-refractivity contribution in [3.8, 4) is 5.75 Å². The third kappa shape index (κ3) is 9.80. The molecule has 0 radical (unpaired) electrons. The maximum atomic E-state index is 6.94. The van der Waals surface area contributed by atoms with Crippen LogP contribution in [-0.2, 0) is 50.1 Å². The predicted molar refractivity (Wildman–Crippen MR) is 189 cm³/mol. The maximum absolute atomic E-state index is 6.94. The summed E-state index contributed by atoms with van der Waals surface area (Å²) in [5, 5.41) is 0. The number of thioether (sulfide) groups is 1. The zero-order chi connectivity index (χ0) is 32.8. The quantitative estimate of drug-likeness (QED) is 0.105. The first-order valence-electron chi connectivity index (χ1n) is 16.3. The lowest BCUT2D eigenvalue weighted by molar-refractivity contribution is -0.254. The zero-order valence-corrected chi connectivity index (χ0v) is 28.0. The van der Waals surface area contributed by atoms with Crippen molar-refractivity contribution in [3.63, 3.8) is 0 Å². The molecule has 1 saturated heterocycles. The van der Waals surface area contributed by atoms with Crippen LogP contribution in [0.15, 0.2) is 150 Å². The average molecular weight is 663 g/mol. The largest absolute Gasteiger partial charge is 0.497 e. The zero-order valence-electron chi connectivity index (χ0n) is 27.1. The molecule has 1 unspecified atom stereocenters. The minimum absolute atomic E-state index is 0.330. The Morgan fingerprint density at radius 2 is 0.958 bits per heavy atom. The van der Waals surface area contributed by atoms with E-state index in [9.17, 15) is 0 Å². The monoisotopic (exact) mass is 662 g/mol. The molecule has 0 saturated carbocycles. The molecule has 6 rings (SSSR count). The van der Waals surface area contributed by atoms with E-state index in [1.807, 2.05) is 97.1 Å². The van der Waals surface area contributed by atoms with E-state index in [0.29, 0.717) is 33.0 Å². The van der Waals surface area contributed by atoms with Gasteiger partial charge in [0.05, 0.1) is 40.1 Å². The molecule has 48 heavy (non-hydrogen) atoms. The molecule has 0 aromatic heterocycles. The smallest absolute Gasteiger partial charge is 0.137 e. The van der Waals surface area contributed by atoms with Gasteiger partial charge in [-0.1, -0.05) is 133 Å². The SMILES string of the molecule is COc1ccc(CO[C@H]2C(Sc3ccccc3)O[C@H](COCc3ccccc3)[C@@H](OCc3ccccc3)[C@@H]2OCc2ccccc2)cc1. The van der Waals surface area contributed by atoms with Crippen LogP contribution in [0.3, 0.4) is 0 Å². The molecule has 0 aliphatic carbocycles. The van der Waals surface area contributed by atoms with E-state index in [0.717, 1.165) is 32.9 Å². The summed E-state index contributed by atoms with van der Waals surface area (Å²) in [6.07, 6.45) is -1.82. The fraction of sp³-hybridized carbons (Fsp3) is 0.268. The molecular weight excluding hydrogens is 621 g/mol. The van der Waals surface area contributed by atoms with Gasteiger partial charge in [-0.15, -0.1) is 0 Å². The van der Waals surface area contributed by atoms with Crippen molar-refractivity contribution in [2.75, 3.05) is 13.7 Å². The van der Waals surface area contributed by atoms with Gasteiger partial charge in [-0.2, -0.15) is 0 Å². The molecule has 5 aromatic carbocycles. The van der Waals surface area contributed by atoms with Gasteiger partial charge in [0.2, 0.25) is 0 Å². The molecular formula is C41H42O6S. The van der Waals surface area contributed by atoms with Gasteiger partial charge in [0.25, 0.3) is 0 Å². The van der Waals surface area contributed by atoms with E-state index in [2.05, 4.69) is 48.5 Å². The molecule has 5 aromatic rings. The topological polar surface area (TPSA) is 55.4 Å². The summed E-state index contributed by atoms with van der Waals surface area (Å²) in [5.41, 5.74) is 3.87. The molecule has 7 heteroatoms. The van der Waals surface area contributed by atoms with E-state index in [1.54, 1.807) is 18.9 Å². The van der Waals surface area contributed by atoms with Gasteiger partial charge in [0, 0.05) is 4.90 Å². The van der Waals surface area contributed by atoms with Gasteiger partial charge < -0.3 is 28.4 Å². The van der Waals surface area contributed by atoms with Gasteiger partial charge >= 0.3 is 0 Å². The summed E-state index contributed by atoms with van der Waals surface area (Å²) < 4.78 is 39.0. The van der Waals surface area contributed by atoms with Crippen molar-refractivity contribution in [2.24, 2.45) is 0 Å². The Morgan fingerprint density at radius 3 is 1.50 bits per heavy atom. The number of hydrogen-bond donors (Lipinski definition) is 0. The van der Waals surface area contributed by atoms with Crippen molar-refractivity contribution in [3.05, 3.63) is 168 Å². The maximum Gasteiger partial charge on any atom is 0.137 e. The van der Waals surface area contributed by atoms with E-state index >= 15 is 0 Å². The van der Waals surface area contributed by atoms with Crippen LogP contribution in [-0.4, -0.2) is 43.6 Å². The van der Waals surface area contributed by atoms with Crippen molar-refractivity contribution < 1.29 is 28.4 Å². The molecule has 1 aliphatic heterocycles. The number of hydrogen-bond acceptors (Lipinski definition) is 7. The van der Waals surface area contributed by atoms with Crippen molar-refractivity contribution in [1.82, 2.24) is 0 Å². The van der Waals surface area contributed by atoms with Crippen LogP contribution in [0.1, 0.15) is 22.3 Å². The molecule has 0 amide bonds. The highest BCUT2D eigenvalue weighted by Crippen LogP contribution is 2.38. The van der Waals surface area contributed by atoms with Crippen LogP contribution in [0.5, 0.6) is 5.75 Å². The third-order valence-electron chi connectivity index (χ3n) is 8.15. The van der Waals surface area contributed by atoms with Gasteiger partial charge in [-0.3, -0.25) is 0 Å². The van der Waals surface area contributed by atoms with Crippen LogP contribution in [0.2, 0.25) is 0 Å². The first kappa shape index (κ1) is 33.9. The number of rotatable bonds is 16. The third-order valence-corrected chi connectivity index (χ3v) is 9.31. The van der Waals surface area contributed by atoms with E-state index in [1.165, 1.54) is 0 Å². The Bertz CT molecular complexity index is 1610. The molecule has 0 N–H and O–H groups in total. The van der Waals surface area contributed by atoms with E-state index in [-0.39, 0.29) is 0 Å². The van der Waals surface area contributed by atoms with Crippen molar-refractivity contribution in [1.29, 1.82) is 0 Å². The van der Waals surface area contributed by atoms with Crippen molar-refractivity contribution >= 4 is 11.8 Å². The van der Waals surface area contributed by atoms with Crippen LogP contribution in [0, 0.1) is 0 Å². The van der Waals surface area contributed by atoms with Crippen LogP contribution in [0.4, 0.5) is 0 Å². The second-order valence-corrected chi connectivity index (χ2v) is 12.8. The summed E-state index contributed by atoms with van der Waals surface area (Å²) in [4.78, 5) is 1.08. The average Bonchev–Trinajstić information content (AvgIpc) is 3.15. The molecule has 1 aliphatic rings. The highest BCUT2D eigenvalue weighted by atomic mass is 32.2. The van der Waals surface area contributed by atoms with Gasteiger partial charge in [-0.05, 0) is 46.5 Å². The number of methoxy groups -OCH3 is 1. The fourth-order valence-electron chi connectivity index (χ4n) is 5.62. The Morgan fingerprint density at radius 1 is 0.500 bits per heavy atom. The standard InChI is InChI=1S/C41H42O6S/c1-42-35-24-22-34(23-25-35)29-46-40-39(45-28-33-18-10-4-11-19-33)38(44-27-32-16-8-3-9-17-32)37(30-43-26-31-14-6-2-7-15-31)47-41(40)48-36-20-12-5-13-21-36/h2-25,37-41H,26-30H2,1H3/t37-,38-,39+,40-,41?/m1/s1. The number of ether oxygens (including phenoxy) is 6. The Hall–Kier alpha value is -3.95. The molecule has 5 atom stereocenters. The molecule has 248 valence electrons. The lowest BCUT2D eigenvalue weighted by Gasteiger charge is -2.46. The first-order chi connectivity index (χ1) is 23.7. The first-order valence-corrected chi connectivity index (χ1v) is 17.2. The second-order valence-electron chi connectivity index (χ2n) is 11.6. The van der Waals surface area contributed by atoms with E-state index < -0.39 is 29.9 Å². The fourth-order valence-corrected chi connectivity index (χ4v) is 6.77. The highest BCUT2D eigenvalue weighted by Gasteiger charge is 2.49. The Balaban J connectivity index is 1.31.